The quantitative estimate of drug-likeness (QED) is 0.616. The van der Waals surface area contributed by atoms with Crippen LogP contribution in [0.3, 0.4) is 0 Å². The second-order valence-electron chi connectivity index (χ2n) is 7.09. The number of hydrogen-bond acceptors (Lipinski definition) is 5. The molecule has 1 saturated heterocycles. The first-order valence-electron chi connectivity index (χ1n) is 9.76. The van der Waals surface area contributed by atoms with Crippen molar-refractivity contribution in [1.29, 1.82) is 0 Å². The Morgan fingerprint density at radius 3 is 2.79 bits per heavy atom. The fourth-order valence-corrected chi connectivity index (χ4v) is 4.44. The maximum Gasteiger partial charge on any atom is 0.272 e. The third-order valence-corrected chi connectivity index (χ3v) is 6.14. The number of rotatable bonds is 6. The molecule has 1 fully saturated rings. The van der Waals surface area contributed by atoms with Crippen molar-refractivity contribution in [2.45, 2.75) is 25.4 Å². The van der Waals surface area contributed by atoms with Crippen molar-refractivity contribution >= 4 is 17.2 Å². The van der Waals surface area contributed by atoms with Gasteiger partial charge in [-0.3, -0.25) is 9.48 Å². The van der Waals surface area contributed by atoms with Gasteiger partial charge in [-0.05, 0) is 42.5 Å². The molecule has 2 aromatic heterocycles. The van der Waals surface area contributed by atoms with Crippen LogP contribution in [0.15, 0.2) is 47.8 Å². The number of ether oxygens (including phenoxy) is 2. The van der Waals surface area contributed by atoms with Crippen LogP contribution in [-0.2, 0) is 18.3 Å². The molecule has 0 unspecified atom stereocenters. The van der Waals surface area contributed by atoms with E-state index in [9.17, 15) is 4.79 Å². The fourth-order valence-electron chi connectivity index (χ4n) is 3.74. The van der Waals surface area contributed by atoms with Crippen molar-refractivity contribution in [2.75, 3.05) is 20.3 Å². The molecule has 1 aliphatic rings. The summed E-state index contributed by atoms with van der Waals surface area (Å²) < 4.78 is 12.7. The average Bonchev–Trinajstić information content (AvgIpc) is 3.41. The second-order valence-corrected chi connectivity index (χ2v) is 8.13. The lowest BCUT2D eigenvalue weighted by atomic mass is 10.1. The van der Waals surface area contributed by atoms with Crippen LogP contribution in [-0.4, -0.2) is 47.0 Å². The average molecular weight is 412 g/mol. The second kappa shape index (κ2) is 8.80. The van der Waals surface area contributed by atoms with Crippen molar-refractivity contribution in [3.05, 3.63) is 58.4 Å². The first kappa shape index (κ1) is 19.7. The summed E-state index contributed by atoms with van der Waals surface area (Å²) >= 11 is 1.67. The van der Waals surface area contributed by atoms with Gasteiger partial charge in [0.25, 0.3) is 5.91 Å². The van der Waals surface area contributed by atoms with E-state index in [0.29, 0.717) is 25.5 Å². The third kappa shape index (κ3) is 4.21. The van der Waals surface area contributed by atoms with Crippen LogP contribution in [0.2, 0.25) is 0 Å². The minimum Gasteiger partial charge on any atom is -0.496 e. The molecule has 3 aromatic rings. The normalized spacial score (nSPS) is 14.7. The Labute approximate surface area is 174 Å². The van der Waals surface area contributed by atoms with Crippen LogP contribution in [0.25, 0.3) is 11.3 Å². The lowest BCUT2D eigenvalue weighted by Gasteiger charge is -2.34. The number of hydrogen-bond donors (Lipinski definition) is 0. The molecule has 0 aliphatic carbocycles. The minimum absolute atomic E-state index is 0.00134. The Kier molecular flexibility index (Phi) is 5.97. The summed E-state index contributed by atoms with van der Waals surface area (Å²) in [6.45, 7) is 1.99. The van der Waals surface area contributed by atoms with Crippen LogP contribution in [0.5, 0.6) is 5.75 Å². The zero-order valence-corrected chi connectivity index (χ0v) is 17.5. The minimum atomic E-state index is 0.00134. The molecule has 152 valence electrons. The standard InChI is InChI=1S/C22H25N3O3S/c1-24-20(14-19(23-24)18-7-3-4-8-21(18)27-2)22(26)25(15-17-6-5-13-29-17)16-9-11-28-12-10-16/h3-8,13-14,16H,9-12,15H2,1-2H3. The van der Waals surface area contributed by atoms with Gasteiger partial charge in [-0.2, -0.15) is 5.10 Å². The van der Waals surface area contributed by atoms with Crippen LogP contribution in [0.1, 0.15) is 28.2 Å². The van der Waals surface area contributed by atoms with Crippen LogP contribution in [0.4, 0.5) is 0 Å². The molecule has 0 bridgehead atoms. The van der Waals surface area contributed by atoms with Gasteiger partial charge in [0.1, 0.15) is 11.4 Å². The Morgan fingerprint density at radius 2 is 2.07 bits per heavy atom. The van der Waals surface area contributed by atoms with E-state index in [1.165, 1.54) is 4.88 Å². The van der Waals surface area contributed by atoms with Crippen LogP contribution >= 0.6 is 11.3 Å². The van der Waals surface area contributed by atoms with E-state index >= 15 is 0 Å². The molecular formula is C22H25N3O3S. The SMILES string of the molecule is COc1ccccc1-c1cc(C(=O)N(Cc2cccs2)C2CCOCC2)n(C)n1. The van der Waals surface area contributed by atoms with Crippen molar-refractivity contribution in [3.8, 4) is 17.0 Å². The number of aryl methyl sites for hydroxylation is 1. The Balaban J connectivity index is 1.66. The lowest BCUT2D eigenvalue weighted by Crippen LogP contribution is -2.43. The Hall–Kier alpha value is -2.64. The van der Waals surface area contributed by atoms with Gasteiger partial charge in [0.15, 0.2) is 0 Å². The predicted octanol–water partition coefficient (Wildman–Crippen LogP) is 3.98. The molecule has 1 aliphatic heterocycles. The summed E-state index contributed by atoms with van der Waals surface area (Å²) in [7, 11) is 3.46. The zero-order valence-electron chi connectivity index (χ0n) is 16.7. The molecule has 4 rings (SSSR count). The van der Waals surface area contributed by atoms with Gasteiger partial charge in [-0.1, -0.05) is 18.2 Å². The fraction of sp³-hybridized carbons (Fsp3) is 0.364. The molecule has 3 heterocycles. The smallest absolute Gasteiger partial charge is 0.272 e. The van der Waals surface area contributed by atoms with Crippen molar-refractivity contribution in [3.63, 3.8) is 0 Å². The molecule has 7 heteroatoms. The molecule has 6 nitrogen and oxygen atoms in total. The molecule has 0 spiro atoms. The van der Waals surface area contributed by atoms with Gasteiger partial charge >= 0.3 is 0 Å². The van der Waals surface area contributed by atoms with E-state index < -0.39 is 0 Å². The molecule has 29 heavy (non-hydrogen) atoms. The Morgan fingerprint density at radius 1 is 1.28 bits per heavy atom. The summed E-state index contributed by atoms with van der Waals surface area (Å²) in [5.74, 6) is 0.742. The summed E-state index contributed by atoms with van der Waals surface area (Å²) in [5, 5.41) is 6.65. The monoisotopic (exact) mass is 411 g/mol. The lowest BCUT2D eigenvalue weighted by molar-refractivity contribution is 0.0264. The largest absolute Gasteiger partial charge is 0.496 e. The zero-order chi connectivity index (χ0) is 20.2. The van der Waals surface area contributed by atoms with Crippen LogP contribution in [0, 0.1) is 0 Å². The number of para-hydroxylation sites is 1. The maximum absolute atomic E-state index is 13.6. The molecule has 0 saturated carbocycles. The summed E-state index contributed by atoms with van der Waals surface area (Å²) in [4.78, 5) is 16.7. The van der Waals surface area contributed by atoms with E-state index in [4.69, 9.17) is 9.47 Å². The van der Waals surface area contributed by atoms with Gasteiger partial charge in [0.2, 0.25) is 0 Å². The first-order chi connectivity index (χ1) is 14.2. The van der Waals surface area contributed by atoms with Crippen molar-refractivity contribution in [2.24, 2.45) is 7.05 Å². The van der Waals surface area contributed by atoms with E-state index in [2.05, 4.69) is 11.2 Å². The van der Waals surface area contributed by atoms with Gasteiger partial charge in [-0.25, -0.2) is 0 Å². The highest BCUT2D eigenvalue weighted by Crippen LogP contribution is 2.30. The highest BCUT2D eigenvalue weighted by molar-refractivity contribution is 7.09. The summed E-state index contributed by atoms with van der Waals surface area (Å²) in [6.07, 6.45) is 1.71. The molecule has 1 aromatic carbocycles. The molecular weight excluding hydrogens is 386 g/mol. The highest BCUT2D eigenvalue weighted by Gasteiger charge is 2.29. The number of methoxy groups -OCH3 is 1. The van der Waals surface area contributed by atoms with Crippen LogP contribution < -0.4 is 4.74 Å². The topological polar surface area (TPSA) is 56.6 Å². The van der Waals surface area contributed by atoms with E-state index in [1.807, 2.05) is 53.7 Å². The number of benzene rings is 1. The molecule has 0 atom stereocenters. The number of carbonyl (C=O) groups is 1. The van der Waals surface area contributed by atoms with Gasteiger partial charge in [-0.15, -0.1) is 11.3 Å². The molecule has 1 amide bonds. The number of thiophene rings is 1. The third-order valence-electron chi connectivity index (χ3n) is 5.28. The van der Waals surface area contributed by atoms with E-state index in [1.54, 1.807) is 23.1 Å². The Bertz CT molecular complexity index is 962. The number of aromatic nitrogens is 2. The number of carbonyl (C=O) groups excluding carboxylic acids is 1. The first-order valence-corrected chi connectivity index (χ1v) is 10.6. The maximum atomic E-state index is 13.6. The number of amides is 1. The summed E-state index contributed by atoms with van der Waals surface area (Å²) in [6, 6.07) is 13.9. The van der Waals surface area contributed by atoms with Crippen molar-refractivity contribution < 1.29 is 14.3 Å². The molecule has 0 radical (unpaired) electrons. The van der Waals surface area contributed by atoms with Gasteiger partial charge in [0.05, 0.1) is 19.3 Å². The van der Waals surface area contributed by atoms with Gasteiger partial charge < -0.3 is 14.4 Å². The van der Waals surface area contributed by atoms with E-state index in [-0.39, 0.29) is 11.9 Å². The van der Waals surface area contributed by atoms with Crippen molar-refractivity contribution in [1.82, 2.24) is 14.7 Å². The summed E-state index contributed by atoms with van der Waals surface area (Å²) in [5.41, 5.74) is 2.19. The van der Waals surface area contributed by atoms with E-state index in [0.717, 1.165) is 29.8 Å². The molecule has 0 N–H and O–H groups in total. The highest BCUT2D eigenvalue weighted by atomic mass is 32.1. The van der Waals surface area contributed by atoms with Gasteiger partial charge in [0, 0.05) is 36.7 Å². The number of nitrogens with zero attached hydrogens (tertiary/aromatic N) is 3. The predicted molar refractivity (Wildman–Crippen MR) is 113 cm³/mol.